The predicted molar refractivity (Wildman–Crippen MR) is 106 cm³/mol. The molecule has 0 aliphatic carbocycles. The van der Waals surface area contributed by atoms with Crippen LogP contribution in [0.25, 0.3) is 0 Å². The van der Waals surface area contributed by atoms with Crippen LogP contribution in [0.5, 0.6) is 0 Å². The molecule has 132 valence electrons. The molecular formula is C22H18N4O. The Hall–Kier alpha value is -3.78. The summed E-state index contributed by atoms with van der Waals surface area (Å²) in [7, 11) is 0. The maximum atomic E-state index is 12.5. The Morgan fingerprint density at radius 1 is 0.926 bits per heavy atom. The van der Waals surface area contributed by atoms with Crippen LogP contribution in [0.1, 0.15) is 27.0 Å². The van der Waals surface area contributed by atoms with Gasteiger partial charge in [-0.25, -0.2) is 0 Å². The van der Waals surface area contributed by atoms with Gasteiger partial charge in [-0.3, -0.25) is 4.79 Å². The highest BCUT2D eigenvalue weighted by Gasteiger charge is 2.10. The van der Waals surface area contributed by atoms with E-state index in [0.717, 1.165) is 16.8 Å². The fourth-order valence-corrected chi connectivity index (χ4v) is 2.48. The lowest BCUT2D eigenvalue weighted by atomic mass is 10.1. The summed E-state index contributed by atoms with van der Waals surface area (Å²) >= 11 is 0. The molecule has 27 heavy (non-hydrogen) atoms. The average Bonchev–Trinajstić information content (AvgIpc) is 2.69. The monoisotopic (exact) mass is 354 g/mol. The minimum Gasteiger partial charge on any atom is -0.320 e. The number of hydrogen-bond acceptors (Lipinski definition) is 4. The van der Waals surface area contributed by atoms with Crippen LogP contribution in [0, 0.1) is 25.2 Å². The Balaban J connectivity index is 1.86. The lowest BCUT2D eigenvalue weighted by molar-refractivity contribution is 0.102. The standard InChI is InChI=1S/C22H18N4O/c1-15-6-9-19(10-7-15)25-26-21-12-16(2)8-11-20(21)24-22(27)18-5-3-4-17(13-18)14-23/h3-13H,1-2H3,(H,24,27). The molecule has 0 unspecified atom stereocenters. The predicted octanol–water partition coefficient (Wildman–Crippen LogP) is 5.84. The van der Waals surface area contributed by atoms with E-state index in [1.165, 1.54) is 0 Å². The van der Waals surface area contributed by atoms with Crippen molar-refractivity contribution in [2.45, 2.75) is 13.8 Å². The van der Waals surface area contributed by atoms with E-state index >= 15 is 0 Å². The number of azo groups is 1. The van der Waals surface area contributed by atoms with Gasteiger partial charge in [-0.15, -0.1) is 5.11 Å². The second-order valence-electron chi connectivity index (χ2n) is 6.20. The molecule has 0 saturated carbocycles. The number of hydrogen-bond donors (Lipinski definition) is 1. The van der Waals surface area contributed by atoms with Crippen LogP contribution >= 0.6 is 0 Å². The summed E-state index contributed by atoms with van der Waals surface area (Å²) in [5.74, 6) is -0.303. The molecule has 0 aliphatic heterocycles. The first kappa shape index (κ1) is 18.0. The minimum absolute atomic E-state index is 0.303. The molecule has 0 heterocycles. The van der Waals surface area contributed by atoms with E-state index in [0.29, 0.717) is 22.5 Å². The van der Waals surface area contributed by atoms with Crippen LogP contribution < -0.4 is 5.32 Å². The van der Waals surface area contributed by atoms with Gasteiger partial charge in [0.25, 0.3) is 5.91 Å². The Bertz CT molecular complexity index is 1050. The van der Waals surface area contributed by atoms with Crippen LogP contribution in [0.2, 0.25) is 0 Å². The number of nitriles is 1. The zero-order chi connectivity index (χ0) is 19.2. The Morgan fingerprint density at radius 3 is 2.41 bits per heavy atom. The van der Waals surface area contributed by atoms with Crippen LogP contribution in [0.3, 0.4) is 0 Å². The second kappa shape index (κ2) is 8.07. The molecule has 0 fully saturated rings. The number of nitrogens with zero attached hydrogens (tertiary/aromatic N) is 3. The van der Waals surface area contributed by atoms with Crippen molar-refractivity contribution in [1.82, 2.24) is 0 Å². The van der Waals surface area contributed by atoms with Crippen molar-refractivity contribution in [3.05, 3.63) is 89.0 Å². The third-order valence-electron chi connectivity index (χ3n) is 3.96. The largest absolute Gasteiger partial charge is 0.320 e. The maximum absolute atomic E-state index is 12.5. The summed E-state index contributed by atoms with van der Waals surface area (Å²) < 4.78 is 0. The van der Waals surface area contributed by atoms with E-state index in [1.807, 2.05) is 56.3 Å². The van der Waals surface area contributed by atoms with Crippen molar-refractivity contribution in [3.63, 3.8) is 0 Å². The van der Waals surface area contributed by atoms with Gasteiger partial charge in [-0.05, 0) is 61.9 Å². The quantitative estimate of drug-likeness (QED) is 0.597. The molecule has 0 aliphatic rings. The summed E-state index contributed by atoms with van der Waals surface area (Å²) in [5, 5.41) is 20.4. The number of aryl methyl sites for hydroxylation is 2. The lowest BCUT2D eigenvalue weighted by Gasteiger charge is -2.09. The molecule has 0 radical (unpaired) electrons. The van der Waals surface area contributed by atoms with Crippen molar-refractivity contribution in [1.29, 1.82) is 5.26 Å². The SMILES string of the molecule is Cc1ccc(N=Nc2cc(C)ccc2NC(=O)c2cccc(C#N)c2)cc1. The number of amides is 1. The molecule has 1 amide bonds. The normalized spacial score (nSPS) is 10.6. The number of rotatable bonds is 4. The third-order valence-corrected chi connectivity index (χ3v) is 3.96. The van der Waals surface area contributed by atoms with Gasteiger partial charge in [0.15, 0.2) is 0 Å². The number of nitrogens with one attached hydrogen (secondary N) is 1. The molecule has 0 aromatic heterocycles. The van der Waals surface area contributed by atoms with Crippen LogP contribution in [-0.2, 0) is 0 Å². The summed E-state index contributed by atoms with van der Waals surface area (Å²) in [5.41, 5.74) is 4.88. The fourth-order valence-electron chi connectivity index (χ4n) is 2.48. The molecule has 3 aromatic carbocycles. The second-order valence-corrected chi connectivity index (χ2v) is 6.20. The Labute approximate surface area is 158 Å². The summed E-state index contributed by atoms with van der Waals surface area (Å²) in [6.07, 6.45) is 0. The highest BCUT2D eigenvalue weighted by molar-refractivity contribution is 6.05. The highest BCUT2D eigenvalue weighted by Crippen LogP contribution is 2.29. The van der Waals surface area contributed by atoms with Crippen LogP contribution in [-0.4, -0.2) is 5.91 Å². The first-order valence-corrected chi connectivity index (χ1v) is 8.46. The van der Waals surface area contributed by atoms with Crippen molar-refractivity contribution < 1.29 is 4.79 Å². The van der Waals surface area contributed by atoms with Crippen molar-refractivity contribution in [3.8, 4) is 6.07 Å². The molecule has 0 atom stereocenters. The molecule has 0 bridgehead atoms. The lowest BCUT2D eigenvalue weighted by Crippen LogP contribution is -2.12. The third kappa shape index (κ3) is 4.65. The molecule has 0 spiro atoms. The Morgan fingerprint density at radius 2 is 1.67 bits per heavy atom. The molecule has 1 N–H and O–H groups in total. The van der Waals surface area contributed by atoms with Gasteiger partial charge in [0.1, 0.15) is 5.69 Å². The van der Waals surface area contributed by atoms with Crippen molar-refractivity contribution in [2.75, 3.05) is 5.32 Å². The first-order valence-electron chi connectivity index (χ1n) is 8.46. The minimum atomic E-state index is -0.303. The number of benzene rings is 3. The Kier molecular flexibility index (Phi) is 5.38. The molecule has 5 nitrogen and oxygen atoms in total. The van der Waals surface area contributed by atoms with Gasteiger partial charge in [-0.1, -0.05) is 29.8 Å². The fraction of sp³-hybridized carbons (Fsp3) is 0.0909. The summed E-state index contributed by atoms with van der Waals surface area (Å²) in [4.78, 5) is 12.5. The smallest absolute Gasteiger partial charge is 0.255 e. The summed E-state index contributed by atoms with van der Waals surface area (Å²) in [6, 6.07) is 21.9. The molecule has 3 rings (SSSR count). The van der Waals surface area contributed by atoms with E-state index in [9.17, 15) is 4.79 Å². The van der Waals surface area contributed by atoms with Crippen LogP contribution in [0.15, 0.2) is 77.0 Å². The zero-order valence-electron chi connectivity index (χ0n) is 15.1. The van der Waals surface area contributed by atoms with Gasteiger partial charge in [0.2, 0.25) is 0 Å². The number of carbonyl (C=O) groups is 1. The van der Waals surface area contributed by atoms with E-state index in [-0.39, 0.29) is 5.91 Å². The average molecular weight is 354 g/mol. The van der Waals surface area contributed by atoms with Gasteiger partial charge >= 0.3 is 0 Å². The summed E-state index contributed by atoms with van der Waals surface area (Å²) in [6.45, 7) is 3.96. The van der Waals surface area contributed by atoms with E-state index < -0.39 is 0 Å². The van der Waals surface area contributed by atoms with E-state index in [1.54, 1.807) is 30.3 Å². The number of anilines is 1. The molecule has 0 saturated heterocycles. The van der Waals surface area contributed by atoms with Crippen LogP contribution in [0.4, 0.5) is 17.1 Å². The maximum Gasteiger partial charge on any atom is 0.255 e. The van der Waals surface area contributed by atoms with E-state index in [2.05, 4.69) is 15.5 Å². The molecule has 3 aromatic rings. The molecular weight excluding hydrogens is 336 g/mol. The molecule has 5 heteroatoms. The van der Waals surface area contributed by atoms with E-state index in [4.69, 9.17) is 5.26 Å². The topological polar surface area (TPSA) is 77.6 Å². The zero-order valence-corrected chi connectivity index (χ0v) is 15.1. The van der Waals surface area contributed by atoms with Gasteiger partial charge in [0.05, 0.1) is 23.0 Å². The van der Waals surface area contributed by atoms with Crippen molar-refractivity contribution in [2.24, 2.45) is 10.2 Å². The number of carbonyl (C=O) groups excluding carboxylic acids is 1. The highest BCUT2D eigenvalue weighted by atomic mass is 16.1. The van der Waals surface area contributed by atoms with Gasteiger partial charge in [0, 0.05) is 5.56 Å². The van der Waals surface area contributed by atoms with Gasteiger partial charge < -0.3 is 5.32 Å². The van der Waals surface area contributed by atoms with Gasteiger partial charge in [-0.2, -0.15) is 10.4 Å². The first-order chi connectivity index (χ1) is 13.0. The van der Waals surface area contributed by atoms with Crippen molar-refractivity contribution >= 4 is 23.0 Å².